The van der Waals surface area contributed by atoms with E-state index in [2.05, 4.69) is 9.88 Å². The molecule has 0 bridgehead atoms. The van der Waals surface area contributed by atoms with Gasteiger partial charge in [0.15, 0.2) is 9.84 Å². The second kappa shape index (κ2) is 9.10. The van der Waals surface area contributed by atoms with Crippen molar-refractivity contribution in [2.45, 2.75) is 4.90 Å². The Bertz CT molecular complexity index is 1260. The first-order valence-electron chi connectivity index (χ1n) is 9.98. The zero-order chi connectivity index (χ0) is 22.9. The zero-order valence-electron chi connectivity index (χ0n) is 17.3. The van der Waals surface area contributed by atoms with Gasteiger partial charge in [-0.05, 0) is 53.6 Å². The monoisotopic (exact) mass is 489 g/mol. The van der Waals surface area contributed by atoms with Crippen molar-refractivity contribution in [3.8, 4) is 11.1 Å². The molecule has 1 aromatic heterocycles. The van der Waals surface area contributed by atoms with Crippen LogP contribution < -0.4 is 4.90 Å². The van der Waals surface area contributed by atoms with Gasteiger partial charge in [-0.25, -0.2) is 8.42 Å². The molecular weight excluding hydrogens is 469 g/mol. The number of benzene rings is 2. The van der Waals surface area contributed by atoms with Gasteiger partial charge in [-0.15, -0.1) is 0 Å². The van der Waals surface area contributed by atoms with Crippen molar-refractivity contribution in [3.05, 3.63) is 76.5 Å². The van der Waals surface area contributed by atoms with E-state index in [-0.39, 0.29) is 10.8 Å². The number of halogens is 2. The molecule has 4 rings (SSSR count). The molecular formula is C23H21Cl2N3O3S. The molecule has 166 valence electrons. The predicted molar refractivity (Wildman–Crippen MR) is 127 cm³/mol. The van der Waals surface area contributed by atoms with Gasteiger partial charge in [-0.3, -0.25) is 9.78 Å². The third-order valence-corrected chi connectivity index (χ3v) is 7.33. The van der Waals surface area contributed by atoms with Crippen molar-refractivity contribution in [2.75, 3.05) is 37.3 Å². The summed E-state index contributed by atoms with van der Waals surface area (Å²) in [5, 5.41) is 0.987. The van der Waals surface area contributed by atoms with Gasteiger partial charge in [0.2, 0.25) is 0 Å². The van der Waals surface area contributed by atoms with E-state index in [0.29, 0.717) is 47.4 Å². The van der Waals surface area contributed by atoms with E-state index in [4.69, 9.17) is 23.2 Å². The number of aromatic nitrogens is 1. The van der Waals surface area contributed by atoms with E-state index in [1.165, 1.54) is 12.1 Å². The zero-order valence-corrected chi connectivity index (χ0v) is 19.7. The van der Waals surface area contributed by atoms with Gasteiger partial charge in [0, 0.05) is 56.1 Å². The number of anilines is 1. The van der Waals surface area contributed by atoms with Crippen molar-refractivity contribution in [1.29, 1.82) is 0 Å². The number of piperazine rings is 1. The van der Waals surface area contributed by atoms with Crippen LogP contribution in [0.4, 0.5) is 5.69 Å². The topological polar surface area (TPSA) is 70.6 Å². The molecule has 1 saturated heterocycles. The standard InChI is InChI=1S/C23H21Cl2N3O3S/c1-32(30,31)18-3-4-19(16-6-8-26-9-7-16)20(15-18)23(29)28-12-10-27(11-13-28)17-2-5-21(24)22(25)14-17/h2-9,14-15H,10-13H2,1H3. The number of carbonyl (C=O) groups is 1. The Kier molecular flexibility index (Phi) is 6.42. The van der Waals surface area contributed by atoms with Crippen LogP contribution in [-0.2, 0) is 9.84 Å². The van der Waals surface area contributed by atoms with Crippen molar-refractivity contribution in [3.63, 3.8) is 0 Å². The average molecular weight is 490 g/mol. The molecule has 1 aliphatic rings. The molecule has 9 heteroatoms. The van der Waals surface area contributed by atoms with Crippen LogP contribution in [0.5, 0.6) is 0 Å². The Morgan fingerprint density at radius 2 is 1.59 bits per heavy atom. The quantitative estimate of drug-likeness (QED) is 0.542. The van der Waals surface area contributed by atoms with E-state index in [0.717, 1.165) is 17.5 Å². The summed E-state index contributed by atoms with van der Waals surface area (Å²) in [4.78, 5) is 21.5. The van der Waals surface area contributed by atoms with Gasteiger partial charge in [-0.1, -0.05) is 29.3 Å². The van der Waals surface area contributed by atoms with E-state index in [9.17, 15) is 13.2 Å². The summed E-state index contributed by atoms with van der Waals surface area (Å²) in [5.74, 6) is -0.198. The molecule has 0 radical (unpaired) electrons. The van der Waals surface area contributed by atoms with Gasteiger partial charge in [0.05, 0.1) is 14.9 Å². The highest BCUT2D eigenvalue weighted by molar-refractivity contribution is 7.90. The maximum Gasteiger partial charge on any atom is 0.254 e. The largest absolute Gasteiger partial charge is 0.368 e. The highest BCUT2D eigenvalue weighted by Crippen LogP contribution is 2.30. The lowest BCUT2D eigenvalue weighted by molar-refractivity contribution is 0.0747. The predicted octanol–water partition coefficient (Wildman–Crippen LogP) is 4.42. The normalized spacial score (nSPS) is 14.5. The molecule has 2 heterocycles. The molecule has 6 nitrogen and oxygen atoms in total. The van der Waals surface area contributed by atoms with Crippen molar-refractivity contribution in [1.82, 2.24) is 9.88 Å². The minimum absolute atomic E-state index is 0.119. The van der Waals surface area contributed by atoms with E-state index in [1.54, 1.807) is 41.6 Å². The Morgan fingerprint density at radius 1 is 0.906 bits per heavy atom. The van der Waals surface area contributed by atoms with Crippen molar-refractivity contribution in [2.24, 2.45) is 0 Å². The highest BCUT2D eigenvalue weighted by Gasteiger charge is 2.26. The van der Waals surface area contributed by atoms with Gasteiger partial charge < -0.3 is 9.80 Å². The fraction of sp³-hybridized carbons (Fsp3) is 0.217. The molecule has 32 heavy (non-hydrogen) atoms. The third-order valence-electron chi connectivity index (χ3n) is 5.48. The molecule has 0 N–H and O–H groups in total. The molecule has 0 spiro atoms. The summed E-state index contributed by atoms with van der Waals surface area (Å²) < 4.78 is 24.2. The molecule has 0 unspecified atom stereocenters. The van der Waals surface area contributed by atoms with Crippen LogP contribution in [0.15, 0.2) is 65.8 Å². The Morgan fingerprint density at radius 3 is 2.22 bits per heavy atom. The number of hydrogen-bond acceptors (Lipinski definition) is 5. The lowest BCUT2D eigenvalue weighted by Gasteiger charge is -2.36. The van der Waals surface area contributed by atoms with Crippen LogP contribution in [-0.4, -0.2) is 56.6 Å². The molecule has 1 amide bonds. The minimum Gasteiger partial charge on any atom is -0.368 e. The van der Waals surface area contributed by atoms with Crippen LogP contribution >= 0.6 is 23.2 Å². The fourth-order valence-corrected chi connectivity index (χ4v) is 4.67. The lowest BCUT2D eigenvalue weighted by Crippen LogP contribution is -2.49. The number of nitrogens with zero attached hydrogens (tertiary/aromatic N) is 3. The number of sulfone groups is 1. The summed E-state index contributed by atoms with van der Waals surface area (Å²) >= 11 is 12.2. The summed E-state index contributed by atoms with van der Waals surface area (Å²) in [7, 11) is -3.46. The average Bonchev–Trinajstić information content (AvgIpc) is 2.80. The Balaban J connectivity index is 1.60. The molecule has 0 atom stereocenters. The second-order valence-corrected chi connectivity index (χ2v) is 10.4. The molecule has 0 saturated carbocycles. The van der Waals surface area contributed by atoms with Crippen LogP contribution in [0.3, 0.4) is 0 Å². The number of carbonyl (C=O) groups excluding carboxylic acids is 1. The first kappa shape index (κ1) is 22.6. The number of pyridine rings is 1. The van der Waals surface area contributed by atoms with Gasteiger partial charge in [0.1, 0.15) is 0 Å². The van der Waals surface area contributed by atoms with Crippen molar-refractivity contribution < 1.29 is 13.2 Å². The highest BCUT2D eigenvalue weighted by atomic mass is 35.5. The summed E-state index contributed by atoms with van der Waals surface area (Å²) in [6.07, 6.45) is 4.42. The second-order valence-electron chi connectivity index (χ2n) is 7.59. The van der Waals surface area contributed by atoms with Crippen LogP contribution in [0.25, 0.3) is 11.1 Å². The number of amides is 1. The number of hydrogen-bond donors (Lipinski definition) is 0. The van der Waals surface area contributed by atoms with E-state index in [1.807, 2.05) is 12.1 Å². The van der Waals surface area contributed by atoms with Gasteiger partial charge in [-0.2, -0.15) is 0 Å². The third kappa shape index (κ3) is 4.75. The van der Waals surface area contributed by atoms with Crippen LogP contribution in [0, 0.1) is 0 Å². The molecule has 3 aromatic rings. The van der Waals surface area contributed by atoms with E-state index < -0.39 is 9.84 Å². The molecule has 1 fully saturated rings. The van der Waals surface area contributed by atoms with Gasteiger partial charge in [0.25, 0.3) is 5.91 Å². The fourth-order valence-electron chi connectivity index (χ4n) is 3.73. The maximum absolute atomic E-state index is 13.5. The SMILES string of the molecule is CS(=O)(=O)c1ccc(-c2ccncc2)c(C(=O)N2CCN(c3ccc(Cl)c(Cl)c3)CC2)c1. The van der Waals surface area contributed by atoms with E-state index >= 15 is 0 Å². The summed E-state index contributed by atoms with van der Waals surface area (Å²) in [6, 6.07) is 13.8. The first-order chi connectivity index (χ1) is 15.2. The summed E-state index contributed by atoms with van der Waals surface area (Å²) in [5.41, 5.74) is 2.79. The first-order valence-corrected chi connectivity index (χ1v) is 12.6. The molecule has 1 aliphatic heterocycles. The van der Waals surface area contributed by atoms with Crippen molar-refractivity contribution >= 4 is 44.6 Å². The molecule has 2 aromatic carbocycles. The molecule has 0 aliphatic carbocycles. The maximum atomic E-state index is 13.5. The van der Waals surface area contributed by atoms with Crippen LogP contribution in [0.2, 0.25) is 10.0 Å². The summed E-state index contributed by atoms with van der Waals surface area (Å²) in [6.45, 7) is 2.25. The number of rotatable bonds is 4. The Labute approximate surface area is 197 Å². The minimum atomic E-state index is -3.46. The Hall–Kier alpha value is -2.61. The smallest absolute Gasteiger partial charge is 0.254 e. The van der Waals surface area contributed by atoms with Crippen LogP contribution in [0.1, 0.15) is 10.4 Å². The van der Waals surface area contributed by atoms with Gasteiger partial charge >= 0.3 is 0 Å². The lowest BCUT2D eigenvalue weighted by atomic mass is 9.99.